The van der Waals surface area contributed by atoms with E-state index in [4.69, 9.17) is 14.7 Å². The fourth-order valence-corrected chi connectivity index (χ4v) is 14.4. The molecule has 304 valence electrons. The van der Waals surface area contributed by atoms with Crippen molar-refractivity contribution in [2.24, 2.45) is 52.3 Å². The van der Waals surface area contributed by atoms with E-state index >= 15 is 0 Å². The number of rotatable bonds is 13. The summed E-state index contributed by atoms with van der Waals surface area (Å²) in [5, 5.41) is 0. The molecule has 4 heterocycles. The zero-order chi connectivity index (χ0) is 38.3. The maximum absolute atomic E-state index is 6.92. The summed E-state index contributed by atoms with van der Waals surface area (Å²) in [6, 6.07) is 9.96. The third kappa shape index (κ3) is 8.12. The molecule has 2 aromatic heterocycles. The highest BCUT2D eigenvalue weighted by molar-refractivity contribution is 5.44. The largest absolute Gasteiger partial charge is 0.490 e. The summed E-state index contributed by atoms with van der Waals surface area (Å²) in [7, 11) is 4.23. The number of likely N-dealkylation sites (tertiary alicyclic amines) is 2. The van der Waals surface area contributed by atoms with Crippen molar-refractivity contribution in [2.45, 2.75) is 169 Å². The van der Waals surface area contributed by atoms with Crippen LogP contribution in [0, 0.1) is 52.3 Å². The summed E-state index contributed by atoms with van der Waals surface area (Å²) in [6.45, 7) is 17.1. The lowest BCUT2D eigenvalue weighted by Gasteiger charge is -2.61. The number of ether oxygens (including phenoxy) is 1. The average Bonchev–Trinajstić information content (AvgIpc) is 3.90. The average molecular weight is 752 g/mol. The third-order valence-corrected chi connectivity index (χ3v) is 17.2. The van der Waals surface area contributed by atoms with E-state index in [2.05, 4.69) is 87.7 Å². The number of pyridine rings is 2. The third-order valence-electron chi connectivity index (χ3n) is 17.2. The van der Waals surface area contributed by atoms with Gasteiger partial charge in [-0.15, -0.1) is 0 Å². The monoisotopic (exact) mass is 752 g/mol. The van der Waals surface area contributed by atoms with Crippen LogP contribution in [0.2, 0.25) is 0 Å². The first-order valence-electron chi connectivity index (χ1n) is 23.2. The second-order valence-electron chi connectivity index (χ2n) is 20.9. The molecular weight excluding hydrogens is 675 g/mol. The zero-order valence-corrected chi connectivity index (χ0v) is 36.0. The van der Waals surface area contributed by atoms with Gasteiger partial charge >= 0.3 is 0 Å². The second kappa shape index (κ2) is 16.6. The van der Waals surface area contributed by atoms with Gasteiger partial charge in [0.1, 0.15) is 5.75 Å². The van der Waals surface area contributed by atoms with E-state index in [1.165, 1.54) is 133 Å². The van der Waals surface area contributed by atoms with Crippen LogP contribution in [0.25, 0.3) is 0 Å². The van der Waals surface area contributed by atoms with Gasteiger partial charge in [-0.05, 0) is 167 Å². The summed E-state index contributed by atoms with van der Waals surface area (Å²) in [5.41, 5.74) is 4.68. The summed E-state index contributed by atoms with van der Waals surface area (Å²) < 4.78 is 6.92. The summed E-state index contributed by atoms with van der Waals surface area (Å²) in [4.78, 5) is 17.3. The number of fused-ring (bicyclic) bond motifs is 5. The zero-order valence-electron chi connectivity index (χ0n) is 36.0. The topological polar surface area (TPSA) is 44.7 Å². The van der Waals surface area contributed by atoms with Crippen molar-refractivity contribution < 1.29 is 4.74 Å². The fraction of sp³-hybridized carbons (Fsp3) is 0.796. The Morgan fingerprint density at radius 2 is 1.44 bits per heavy atom. The van der Waals surface area contributed by atoms with Gasteiger partial charge in [0.25, 0.3) is 0 Å². The molecule has 0 bridgehead atoms. The maximum atomic E-state index is 6.92. The smallest absolute Gasteiger partial charge is 0.123 e. The van der Waals surface area contributed by atoms with Crippen LogP contribution in [0.4, 0.5) is 5.69 Å². The Balaban J connectivity index is 0.860. The second-order valence-corrected chi connectivity index (χ2v) is 20.9. The fourth-order valence-electron chi connectivity index (χ4n) is 14.4. The van der Waals surface area contributed by atoms with Crippen molar-refractivity contribution in [3.63, 3.8) is 0 Å². The van der Waals surface area contributed by atoms with Gasteiger partial charge in [0.15, 0.2) is 0 Å². The molecule has 11 unspecified atom stereocenters. The lowest BCUT2D eigenvalue weighted by molar-refractivity contribution is -0.126. The number of aromatic nitrogens is 2. The van der Waals surface area contributed by atoms with E-state index in [0.717, 1.165) is 60.3 Å². The minimum Gasteiger partial charge on any atom is -0.490 e. The van der Waals surface area contributed by atoms with Crippen LogP contribution in [0.3, 0.4) is 0 Å². The van der Waals surface area contributed by atoms with Crippen molar-refractivity contribution in [3.8, 4) is 5.75 Å². The van der Waals surface area contributed by atoms with Gasteiger partial charge in [-0.3, -0.25) is 19.8 Å². The Labute approximate surface area is 336 Å². The van der Waals surface area contributed by atoms with E-state index in [1.54, 1.807) is 0 Å². The summed E-state index contributed by atoms with van der Waals surface area (Å²) in [6.07, 6.45) is 26.4. The quantitative estimate of drug-likeness (QED) is 0.203. The Morgan fingerprint density at radius 1 is 0.764 bits per heavy atom. The van der Waals surface area contributed by atoms with Crippen LogP contribution >= 0.6 is 0 Å². The van der Waals surface area contributed by atoms with Gasteiger partial charge in [-0.25, -0.2) is 0 Å². The first kappa shape index (κ1) is 39.6. The molecule has 55 heavy (non-hydrogen) atoms. The molecule has 6 heteroatoms. The van der Waals surface area contributed by atoms with Crippen LogP contribution in [0.15, 0.2) is 36.7 Å². The first-order valence-corrected chi connectivity index (χ1v) is 23.2. The van der Waals surface area contributed by atoms with Crippen molar-refractivity contribution in [1.82, 2.24) is 19.8 Å². The van der Waals surface area contributed by atoms with E-state index in [0.29, 0.717) is 29.0 Å². The molecule has 4 saturated carbocycles. The molecule has 0 aromatic carbocycles. The normalized spacial score (nSPS) is 37.1. The van der Waals surface area contributed by atoms with E-state index in [1.807, 2.05) is 12.4 Å². The van der Waals surface area contributed by atoms with Crippen LogP contribution in [-0.2, 0) is 13.1 Å². The highest BCUT2D eigenvalue weighted by Gasteiger charge is 2.60. The van der Waals surface area contributed by atoms with Gasteiger partial charge < -0.3 is 9.64 Å². The lowest BCUT2D eigenvalue weighted by Crippen LogP contribution is -2.54. The molecular formula is C49H77N5O. The van der Waals surface area contributed by atoms with Crippen LogP contribution in [0.5, 0.6) is 5.75 Å². The molecule has 8 rings (SSSR count). The number of hydrogen-bond acceptors (Lipinski definition) is 6. The molecule has 0 spiro atoms. The summed E-state index contributed by atoms with van der Waals surface area (Å²) in [5.74, 6) is 7.41. The predicted octanol–water partition coefficient (Wildman–Crippen LogP) is 11.0. The van der Waals surface area contributed by atoms with Gasteiger partial charge in [0.2, 0.25) is 0 Å². The SMILES string of the molecule is CC(C)CCCC(C)C1CCC2C3CCC4CC(Oc5ccnc(CN6CCCC6C6CCCN6Cc6cc(N(C)C)ccn6)c5)CCC4(C)C3CCC12C. The molecule has 4 aliphatic carbocycles. The highest BCUT2D eigenvalue weighted by Crippen LogP contribution is 2.68. The number of nitrogens with zero attached hydrogens (tertiary/aromatic N) is 5. The molecule has 6 nitrogen and oxygen atoms in total. The molecule has 2 saturated heterocycles. The van der Waals surface area contributed by atoms with Crippen molar-refractivity contribution in [2.75, 3.05) is 32.1 Å². The molecule has 2 aliphatic heterocycles. The number of hydrogen-bond donors (Lipinski definition) is 0. The van der Waals surface area contributed by atoms with E-state index in [9.17, 15) is 0 Å². The molecule has 6 aliphatic rings. The molecule has 0 N–H and O–H groups in total. The van der Waals surface area contributed by atoms with Gasteiger partial charge in [-0.1, -0.05) is 53.9 Å². The molecule has 2 aromatic rings. The number of anilines is 1. The molecule has 11 atom stereocenters. The lowest BCUT2D eigenvalue weighted by atomic mass is 9.44. The molecule has 6 fully saturated rings. The maximum Gasteiger partial charge on any atom is 0.123 e. The molecule has 0 radical (unpaired) electrons. The minimum atomic E-state index is 0.340. The van der Waals surface area contributed by atoms with Gasteiger partial charge in [0.05, 0.1) is 17.5 Å². The van der Waals surface area contributed by atoms with Gasteiger partial charge in [0, 0.05) is 63.4 Å². The van der Waals surface area contributed by atoms with Crippen LogP contribution in [-0.4, -0.2) is 65.1 Å². The minimum absolute atomic E-state index is 0.340. The Kier molecular flexibility index (Phi) is 12.0. The Morgan fingerprint density at radius 3 is 2.15 bits per heavy atom. The highest BCUT2D eigenvalue weighted by atomic mass is 16.5. The van der Waals surface area contributed by atoms with Crippen molar-refractivity contribution >= 4 is 5.69 Å². The Hall–Kier alpha value is -2.18. The first-order chi connectivity index (χ1) is 26.5. The van der Waals surface area contributed by atoms with E-state index < -0.39 is 0 Å². The standard InChI is InChI=1S/C49H77N5O/c1-34(2)11-8-12-35(3)43-17-18-44-42-16-15-36-29-40(19-23-48(36,4)45(42)20-24-49(43,44)5)55-41-22-26-51-38(31-41)33-54-28-10-14-47(54)46-13-9-27-53(46)32-37-30-39(52(6)7)21-25-50-37/h21-22,25-26,30-31,34-36,40,42-47H,8-20,23-24,27-29,32-33H2,1-7H3. The summed E-state index contributed by atoms with van der Waals surface area (Å²) >= 11 is 0. The predicted molar refractivity (Wildman–Crippen MR) is 227 cm³/mol. The van der Waals surface area contributed by atoms with Crippen LogP contribution < -0.4 is 9.64 Å². The van der Waals surface area contributed by atoms with Crippen molar-refractivity contribution in [1.29, 1.82) is 0 Å². The van der Waals surface area contributed by atoms with Crippen molar-refractivity contribution in [3.05, 3.63) is 48.0 Å². The van der Waals surface area contributed by atoms with E-state index in [-0.39, 0.29) is 0 Å². The van der Waals surface area contributed by atoms with Crippen LogP contribution in [0.1, 0.15) is 149 Å². The van der Waals surface area contributed by atoms with Gasteiger partial charge in [-0.2, -0.15) is 0 Å². The molecule has 0 amide bonds. The Bertz CT molecular complexity index is 1580.